The molecular weight excluding hydrogens is 310 g/mol. The van der Waals surface area contributed by atoms with E-state index in [9.17, 15) is 4.79 Å². The number of benzene rings is 1. The first-order chi connectivity index (χ1) is 12.1. The van der Waals surface area contributed by atoms with Crippen molar-refractivity contribution in [3.05, 3.63) is 59.9 Å². The monoisotopic (exact) mass is 337 g/mol. The van der Waals surface area contributed by atoms with Crippen molar-refractivity contribution in [2.75, 3.05) is 25.5 Å². The number of hydrogen-bond donors (Lipinski definition) is 1. The molecule has 0 saturated carbocycles. The molecule has 0 bridgehead atoms. The number of aromatic nitrogens is 1. The molecule has 2 atom stereocenters. The largest absolute Gasteiger partial charge is 0.322 e. The predicted octanol–water partition coefficient (Wildman–Crippen LogP) is 3.85. The van der Waals surface area contributed by atoms with Crippen LogP contribution in [0, 0.1) is 11.8 Å². The highest BCUT2D eigenvalue weighted by molar-refractivity contribution is 6.04. The molecule has 1 aliphatic heterocycles. The molecule has 1 fully saturated rings. The van der Waals surface area contributed by atoms with Crippen molar-refractivity contribution in [1.82, 2.24) is 9.88 Å². The summed E-state index contributed by atoms with van der Waals surface area (Å²) in [6, 6.07) is 11.7. The molecule has 0 radical (unpaired) electrons. The number of hydrogen-bond acceptors (Lipinski definition) is 3. The molecule has 1 aromatic heterocycles. The van der Waals surface area contributed by atoms with Crippen LogP contribution >= 0.6 is 0 Å². The maximum absolute atomic E-state index is 12.2. The lowest BCUT2D eigenvalue weighted by Gasteiger charge is -2.34. The molecule has 4 heteroatoms. The van der Waals surface area contributed by atoms with Crippen LogP contribution < -0.4 is 5.32 Å². The van der Waals surface area contributed by atoms with E-state index in [2.05, 4.69) is 41.3 Å². The SMILES string of the molecule is C[C@H]1CN(C)CC[C@@H]1CCc1ccc(NC(=O)c2ccncc2)cc1. The van der Waals surface area contributed by atoms with Gasteiger partial charge in [-0.3, -0.25) is 9.78 Å². The number of piperidine rings is 1. The minimum atomic E-state index is -0.102. The average Bonchev–Trinajstić information content (AvgIpc) is 2.63. The van der Waals surface area contributed by atoms with Crippen molar-refractivity contribution in [1.29, 1.82) is 0 Å². The molecule has 0 unspecified atom stereocenters. The molecule has 1 amide bonds. The van der Waals surface area contributed by atoms with E-state index in [1.807, 2.05) is 12.1 Å². The van der Waals surface area contributed by atoms with Crippen LogP contribution in [0.3, 0.4) is 0 Å². The summed E-state index contributed by atoms with van der Waals surface area (Å²) in [5, 5.41) is 2.93. The van der Waals surface area contributed by atoms with E-state index in [1.54, 1.807) is 24.5 Å². The normalized spacial score (nSPS) is 21.0. The molecule has 2 heterocycles. The van der Waals surface area contributed by atoms with Crippen LogP contribution in [0.15, 0.2) is 48.8 Å². The van der Waals surface area contributed by atoms with Crippen LogP contribution in [-0.2, 0) is 6.42 Å². The molecule has 1 N–H and O–H groups in total. The Balaban J connectivity index is 1.51. The number of nitrogens with one attached hydrogen (secondary N) is 1. The Hall–Kier alpha value is -2.20. The summed E-state index contributed by atoms with van der Waals surface area (Å²) in [4.78, 5) is 18.5. The van der Waals surface area contributed by atoms with Gasteiger partial charge in [-0.25, -0.2) is 0 Å². The first-order valence-corrected chi connectivity index (χ1v) is 9.10. The first kappa shape index (κ1) is 17.6. The fraction of sp³-hybridized carbons (Fsp3) is 0.429. The summed E-state index contributed by atoms with van der Waals surface area (Å²) in [6.07, 6.45) is 6.91. The highest BCUT2D eigenvalue weighted by Gasteiger charge is 2.23. The van der Waals surface area contributed by atoms with Gasteiger partial charge in [0.25, 0.3) is 5.91 Å². The van der Waals surface area contributed by atoms with E-state index < -0.39 is 0 Å². The van der Waals surface area contributed by atoms with Crippen LogP contribution in [0.25, 0.3) is 0 Å². The van der Waals surface area contributed by atoms with E-state index in [-0.39, 0.29) is 5.91 Å². The fourth-order valence-corrected chi connectivity index (χ4v) is 3.64. The topological polar surface area (TPSA) is 45.2 Å². The molecule has 4 nitrogen and oxygen atoms in total. The van der Waals surface area contributed by atoms with Crippen LogP contribution in [0.1, 0.15) is 35.7 Å². The summed E-state index contributed by atoms with van der Waals surface area (Å²) >= 11 is 0. The van der Waals surface area contributed by atoms with Crippen molar-refractivity contribution in [2.24, 2.45) is 11.8 Å². The van der Waals surface area contributed by atoms with Gasteiger partial charge in [0.2, 0.25) is 0 Å². The Morgan fingerprint density at radius 1 is 1.20 bits per heavy atom. The first-order valence-electron chi connectivity index (χ1n) is 9.10. The number of amides is 1. The van der Waals surface area contributed by atoms with Gasteiger partial charge in [-0.1, -0.05) is 19.1 Å². The molecule has 0 aliphatic carbocycles. The van der Waals surface area contributed by atoms with Gasteiger partial charge in [-0.15, -0.1) is 0 Å². The second-order valence-corrected chi connectivity index (χ2v) is 7.21. The Morgan fingerprint density at radius 2 is 1.92 bits per heavy atom. The molecule has 132 valence electrons. The van der Waals surface area contributed by atoms with Crippen molar-refractivity contribution in [3.8, 4) is 0 Å². The lowest BCUT2D eigenvalue weighted by Crippen LogP contribution is -2.36. The molecule has 1 aliphatic rings. The van der Waals surface area contributed by atoms with Crippen LogP contribution in [0.5, 0.6) is 0 Å². The van der Waals surface area contributed by atoms with Gasteiger partial charge in [0.05, 0.1) is 0 Å². The Labute approximate surface area is 150 Å². The van der Waals surface area contributed by atoms with Crippen LogP contribution in [0.4, 0.5) is 5.69 Å². The van der Waals surface area contributed by atoms with Gasteiger partial charge in [0.15, 0.2) is 0 Å². The third kappa shape index (κ3) is 4.89. The number of anilines is 1. The lowest BCUT2D eigenvalue weighted by molar-refractivity contribution is 0.102. The summed E-state index contributed by atoms with van der Waals surface area (Å²) in [7, 11) is 2.21. The number of rotatable bonds is 5. The smallest absolute Gasteiger partial charge is 0.255 e. The molecule has 25 heavy (non-hydrogen) atoms. The maximum atomic E-state index is 12.2. The zero-order valence-electron chi connectivity index (χ0n) is 15.1. The van der Waals surface area contributed by atoms with Gasteiger partial charge in [-0.2, -0.15) is 0 Å². The third-order valence-electron chi connectivity index (χ3n) is 5.24. The Kier molecular flexibility index (Phi) is 5.82. The zero-order chi connectivity index (χ0) is 17.6. The highest BCUT2D eigenvalue weighted by atomic mass is 16.1. The lowest BCUT2D eigenvalue weighted by atomic mass is 9.83. The maximum Gasteiger partial charge on any atom is 0.255 e. The number of aryl methyl sites for hydroxylation is 1. The van der Waals surface area contributed by atoms with E-state index in [4.69, 9.17) is 0 Å². The summed E-state index contributed by atoms with van der Waals surface area (Å²) in [5.74, 6) is 1.50. The molecule has 2 aromatic rings. The zero-order valence-corrected chi connectivity index (χ0v) is 15.1. The molecule has 0 spiro atoms. The van der Waals surface area contributed by atoms with Crippen molar-refractivity contribution in [3.63, 3.8) is 0 Å². The number of pyridine rings is 1. The molecule has 1 aromatic carbocycles. The van der Waals surface area contributed by atoms with Gasteiger partial charge in [0, 0.05) is 30.2 Å². The van der Waals surface area contributed by atoms with Crippen LogP contribution in [-0.4, -0.2) is 35.9 Å². The van der Waals surface area contributed by atoms with E-state index in [0.29, 0.717) is 5.56 Å². The number of nitrogens with zero attached hydrogens (tertiary/aromatic N) is 2. The molecule has 1 saturated heterocycles. The van der Waals surface area contributed by atoms with Crippen molar-refractivity contribution < 1.29 is 4.79 Å². The summed E-state index contributed by atoms with van der Waals surface area (Å²) < 4.78 is 0. The Morgan fingerprint density at radius 3 is 2.60 bits per heavy atom. The second kappa shape index (κ2) is 8.26. The van der Waals surface area contributed by atoms with Gasteiger partial charge in [-0.05, 0) is 74.5 Å². The van der Waals surface area contributed by atoms with E-state index in [0.717, 1.165) is 23.9 Å². The number of likely N-dealkylation sites (tertiary alicyclic amines) is 1. The standard InChI is InChI=1S/C21H27N3O/c1-16-15-24(2)14-11-18(16)6-3-17-4-7-20(8-5-17)23-21(25)19-9-12-22-13-10-19/h4-5,7-10,12-13,16,18H,3,6,11,14-15H2,1-2H3,(H,23,25)/t16-,18-/m0/s1. The van der Waals surface area contributed by atoms with Gasteiger partial charge >= 0.3 is 0 Å². The fourth-order valence-electron chi connectivity index (χ4n) is 3.64. The summed E-state index contributed by atoms with van der Waals surface area (Å²) in [5.41, 5.74) is 2.79. The van der Waals surface area contributed by atoms with E-state index in [1.165, 1.54) is 31.5 Å². The van der Waals surface area contributed by atoms with Gasteiger partial charge < -0.3 is 10.2 Å². The predicted molar refractivity (Wildman–Crippen MR) is 102 cm³/mol. The number of carbonyl (C=O) groups excluding carboxylic acids is 1. The Bertz CT molecular complexity index is 684. The quantitative estimate of drug-likeness (QED) is 0.901. The third-order valence-corrected chi connectivity index (χ3v) is 5.24. The second-order valence-electron chi connectivity index (χ2n) is 7.21. The highest BCUT2D eigenvalue weighted by Crippen LogP contribution is 2.27. The molecular formula is C21H27N3O. The van der Waals surface area contributed by atoms with Gasteiger partial charge in [0.1, 0.15) is 0 Å². The summed E-state index contributed by atoms with van der Waals surface area (Å²) in [6.45, 7) is 4.80. The number of carbonyl (C=O) groups is 1. The van der Waals surface area contributed by atoms with E-state index >= 15 is 0 Å². The minimum absolute atomic E-state index is 0.102. The molecule has 3 rings (SSSR count). The van der Waals surface area contributed by atoms with Crippen LogP contribution in [0.2, 0.25) is 0 Å². The minimum Gasteiger partial charge on any atom is -0.322 e. The van der Waals surface area contributed by atoms with Crippen molar-refractivity contribution >= 4 is 11.6 Å². The van der Waals surface area contributed by atoms with Crippen molar-refractivity contribution in [2.45, 2.75) is 26.2 Å². The average molecular weight is 337 g/mol.